The third-order valence-corrected chi connectivity index (χ3v) is 1.94. The van der Waals surface area contributed by atoms with Crippen molar-refractivity contribution in [3.8, 4) is 0 Å². The van der Waals surface area contributed by atoms with Gasteiger partial charge >= 0.3 is 5.97 Å². The van der Waals surface area contributed by atoms with E-state index in [0.29, 0.717) is 5.69 Å². The van der Waals surface area contributed by atoms with Crippen LogP contribution in [-0.2, 0) is 14.3 Å². The Bertz CT molecular complexity index is 398. The molecule has 0 atom stereocenters. The van der Waals surface area contributed by atoms with Crippen LogP contribution in [0.15, 0.2) is 42.5 Å². The van der Waals surface area contributed by atoms with Crippen LogP contribution in [0, 0.1) is 0 Å². The first-order valence-corrected chi connectivity index (χ1v) is 4.74. The number of ether oxygens (including phenoxy) is 1. The van der Waals surface area contributed by atoms with E-state index in [1.54, 1.807) is 24.3 Å². The first kappa shape index (κ1) is 12.0. The highest BCUT2D eigenvalue weighted by Gasteiger charge is 2.11. The lowest BCUT2D eigenvalue weighted by Gasteiger charge is -2.06. The fourth-order valence-corrected chi connectivity index (χ4v) is 1.07. The van der Waals surface area contributed by atoms with Gasteiger partial charge in [-0.15, -0.1) is 0 Å². The molecular weight excluding hydrogens is 206 g/mol. The molecule has 0 fully saturated rings. The summed E-state index contributed by atoms with van der Waals surface area (Å²) in [7, 11) is 1.27. The van der Waals surface area contributed by atoms with Crippen LogP contribution >= 0.6 is 0 Å². The molecule has 1 aromatic carbocycles. The second-order valence-corrected chi connectivity index (χ2v) is 3.18. The van der Waals surface area contributed by atoms with Gasteiger partial charge in [0.1, 0.15) is 0 Å². The van der Waals surface area contributed by atoms with Gasteiger partial charge < -0.3 is 10.1 Å². The zero-order chi connectivity index (χ0) is 12.0. The highest BCUT2D eigenvalue weighted by atomic mass is 16.5. The van der Waals surface area contributed by atoms with Gasteiger partial charge in [-0.2, -0.15) is 0 Å². The van der Waals surface area contributed by atoms with Crippen molar-refractivity contribution in [3.05, 3.63) is 42.5 Å². The van der Waals surface area contributed by atoms with E-state index >= 15 is 0 Å². The highest BCUT2D eigenvalue weighted by molar-refractivity contribution is 6.05. The number of benzene rings is 1. The smallest absolute Gasteiger partial charge is 0.310 e. The quantitative estimate of drug-likeness (QED) is 0.620. The maximum absolute atomic E-state index is 11.5. The second-order valence-electron chi connectivity index (χ2n) is 3.18. The zero-order valence-corrected chi connectivity index (χ0v) is 9.03. The Morgan fingerprint density at radius 1 is 1.31 bits per heavy atom. The van der Waals surface area contributed by atoms with Crippen LogP contribution in [0.2, 0.25) is 0 Å². The largest absolute Gasteiger partial charge is 0.469 e. The number of rotatable bonds is 4. The molecule has 0 spiro atoms. The minimum absolute atomic E-state index is 0.102. The van der Waals surface area contributed by atoms with Gasteiger partial charge in [-0.25, -0.2) is 0 Å². The summed E-state index contributed by atoms with van der Waals surface area (Å²) >= 11 is 0. The van der Waals surface area contributed by atoms with E-state index in [1.165, 1.54) is 7.11 Å². The molecule has 0 aliphatic heterocycles. The monoisotopic (exact) mass is 219 g/mol. The predicted octanol–water partition coefficient (Wildman–Crippen LogP) is 1.74. The van der Waals surface area contributed by atoms with Gasteiger partial charge in [-0.1, -0.05) is 24.8 Å². The molecular formula is C12H13NO3. The first-order chi connectivity index (χ1) is 7.63. The number of esters is 1. The van der Waals surface area contributed by atoms with Crippen molar-refractivity contribution in [2.75, 3.05) is 12.4 Å². The third kappa shape index (κ3) is 3.57. The van der Waals surface area contributed by atoms with Crippen molar-refractivity contribution in [1.29, 1.82) is 0 Å². The molecule has 1 aromatic rings. The molecule has 0 aromatic heterocycles. The summed E-state index contributed by atoms with van der Waals surface area (Å²) in [4.78, 5) is 22.5. The fraction of sp³-hybridized carbons (Fsp3) is 0.167. The summed E-state index contributed by atoms with van der Waals surface area (Å²) in [5.41, 5.74) is 0.842. The number of carbonyl (C=O) groups excluding carboxylic acids is 2. The number of methoxy groups -OCH3 is 1. The molecule has 0 saturated carbocycles. The van der Waals surface area contributed by atoms with E-state index < -0.39 is 5.97 Å². The number of hydrogen-bond acceptors (Lipinski definition) is 3. The summed E-state index contributed by atoms with van der Waals surface area (Å²) < 4.78 is 4.44. The normalized spacial score (nSPS) is 9.31. The Hall–Kier alpha value is -2.10. The molecule has 1 rings (SSSR count). The standard InChI is InChI=1S/C12H13NO3/c1-9(8-11(14)16-2)12(15)13-10-6-4-3-5-7-10/h3-7H,1,8H2,2H3,(H,13,15). The molecule has 0 aliphatic rings. The van der Waals surface area contributed by atoms with Crippen molar-refractivity contribution in [2.24, 2.45) is 0 Å². The lowest BCUT2D eigenvalue weighted by molar-refractivity contribution is -0.140. The maximum Gasteiger partial charge on any atom is 0.310 e. The van der Waals surface area contributed by atoms with Crippen LogP contribution in [0.25, 0.3) is 0 Å². The van der Waals surface area contributed by atoms with Gasteiger partial charge in [0.05, 0.1) is 13.5 Å². The molecule has 0 radical (unpaired) electrons. The average Bonchev–Trinajstić information content (AvgIpc) is 2.30. The van der Waals surface area contributed by atoms with Gasteiger partial charge in [-0.05, 0) is 12.1 Å². The summed E-state index contributed by atoms with van der Waals surface area (Å²) in [6.07, 6.45) is -0.102. The van der Waals surface area contributed by atoms with Crippen LogP contribution in [0.3, 0.4) is 0 Å². The van der Waals surface area contributed by atoms with Gasteiger partial charge in [0, 0.05) is 11.3 Å². The first-order valence-electron chi connectivity index (χ1n) is 4.74. The minimum Gasteiger partial charge on any atom is -0.469 e. The number of para-hydroxylation sites is 1. The zero-order valence-electron chi connectivity index (χ0n) is 9.03. The Morgan fingerprint density at radius 3 is 2.50 bits per heavy atom. The van der Waals surface area contributed by atoms with Crippen LogP contribution in [0.1, 0.15) is 6.42 Å². The van der Waals surface area contributed by atoms with Crippen LogP contribution < -0.4 is 5.32 Å². The minimum atomic E-state index is -0.479. The van der Waals surface area contributed by atoms with Gasteiger partial charge in [0.25, 0.3) is 5.91 Å². The Balaban J connectivity index is 2.53. The molecule has 0 heterocycles. The number of hydrogen-bond donors (Lipinski definition) is 1. The van der Waals surface area contributed by atoms with Gasteiger partial charge in [-0.3, -0.25) is 9.59 Å². The van der Waals surface area contributed by atoms with Crippen molar-refractivity contribution in [2.45, 2.75) is 6.42 Å². The van der Waals surface area contributed by atoms with E-state index in [1.807, 2.05) is 6.07 Å². The van der Waals surface area contributed by atoms with E-state index in [0.717, 1.165) is 0 Å². The molecule has 0 bridgehead atoms. The molecule has 1 N–H and O–H groups in total. The van der Waals surface area contributed by atoms with E-state index in [-0.39, 0.29) is 17.9 Å². The lowest BCUT2D eigenvalue weighted by atomic mass is 10.2. The topological polar surface area (TPSA) is 55.4 Å². The van der Waals surface area contributed by atoms with Crippen molar-refractivity contribution < 1.29 is 14.3 Å². The van der Waals surface area contributed by atoms with Crippen LogP contribution in [0.4, 0.5) is 5.69 Å². The number of carbonyl (C=O) groups is 2. The molecule has 0 aliphatic carbocycles. The summed E-state index contributed by atoms with van der Waals surface area (Å²) in [5.74, 6) is -0.857. The fourth-order valence-electron chi connectivity index (χ4n) is 1.07. The number of amides is 1. The lowest BCUT2D eigenvalue weighted by Crippen LogP contribution is -2.16. The molecule has 84 valence electrons. The molecule has 0 unspecified atom stereocenters. The number of nitrogens with one attached hydrogen (secondary N) is 1. The Morgan fingerprint density at radius 2 is 1.94 bits per heavy atom. The average molecular weight is 219 g/mol. The molecule has 1 amide bonds. The Kier molecular flexibility index (Phi) is 4.27. The summed E-state index contributed by atoms with van der Waals surface area (Å²) in [6, 6.07) is 8.96. The second kappa shape index (κ2) is 5.70. The molecule has 4 nitrogen and oxygen atoms in total. The predicted molar refractivity (Wildman–Crippen MR) is 60.8 cm³/mol. The van der Waals surface area contributed by atoms with Gasteiger partial charge in [0.15, 0.2) is 0 Å². The van der Waals surface area contributed by atoms with E-state index in [9.17, 15) is 9.59 Å². The van der Waals surface area contributed by atoms with Crippen molar-refractivity contribution in [3.63, 3.8) is 0 Å². The van der Waals surface area contributed by atoms with Crippen LogP contribution in [0.5, 0.6) is 0 Å². The summed E-state index contributed by atoms with van der Waals surface area (Å²) in [5, 5.41) is 2.62. The third-order valence-electron chi connectivity index (χ3n) is 1.94. The van der Waals surface area contributed by atoms with Gasteiger partial charge in [0.2, 0.25) is 0 Å². The van der Waals surface area contributed by atoms with E-state index in [4.69, 9.17) is 0 Å². The van der Waals surface area contributed by atoms with E-state index in [2.05, 4.69) is 16.6 Å². The molecule has 4 heteroatoms. The number of anilines is 1. The molecule has 0 saturated heterocycles. The Labute approximate surface area is 93.9 Å². The molecule has 16 heavy (non-hydrogen) atoms. The summed E-state index contributed by atoms with van der Waals surface area (Å²) in [6.45, 7) is 3.53. The van der Waals surface area contributed by atoms with Crippen LogP contribution in [-0.4, -0.2) is 19.0 Å². The van der Waals surface area contributed by atoms with Crippen molar-refractivity contribution >= 4 is 17.6 Å². The maximum atomic E-state index is 11.5. The SMILES string of the molecule is C=C(CC(=O)OC)C(=O)Nc1ccccc1. The van der Waals surface area contributed by atoms with Crippen molar-refractivity contribution in [1.82, 2.24) is 0 Å². The highest BCUT2D eigenvalue weighted by Crippen LogP contribution is 2.08.